The minimum atomic E-state index is -0.829. The van der Waals surface area contributed by atoms with E-state index in [4.69, 9.17) is 4.74 Å². The van der Waals surface area contributed by atoms with E-state index in [1.807, 2.05) is 17.9 Å². The lowest BCUT2D eigenvalue weighted by Gasteiger charge is -2.36. The summed E-state index contributed by atoms with van der Waals surface area (Å²) in [6, 6.07) is 5.11. The van der Waals surface area contributed by atoms with Crippen molar-refractivity contribution in [1.82, 2.24) is 4.90 Å². The largest absolute Gasteiger partial charge is 0.504 e. The molecule has 0 aliphatic carbocycles. The van der Waals surface area contributed by atoms with E-state index in [2.05, 4.69) is 0 Å². The molecule has 20 heavy (non-hydrogen) atoms. The SMILES string of the molecule is COc1cc(C(C)N2CCCC2(C)C(=O)O)ccc1O. The molecule has 1 heterocycles. The number of aliphatic carboxylic acids is 1. The first-order valence-electron chi connectivity index (χ1n) is 6.77. The van der Waals surface area contributed by atoms with Crippen molar-refractivity contribution in [2.45, 2.75) is 38.3 Å². The molecule has 0 saturated carbocycles. The van der Waals surface area contributed by atoms with Crippen molar-refractivity contribution in [3.05, 3.63) is 23.8 Å². The molecule has 1 fully saturated rings. The van der Waals surface area contributed by atoms with Crippen LogP contribution < -0.4 is 4.74 Å². The first-order chi connectivity index (χ1) is 9.40. The third kappa shape index (κ3) is 2.33. The van der Waals surface area contributed by atoms with Gasteiger partial charge in [-0.05, 0) is 50.9 Å². The maximum atomic E-state index is 11.5. The Morgan fingerprint density at radius 2 is 2.20 bits per heavy atom. The molecule has 0 bridgehead atoms. The van der Waals surface area contributed by atoms with Gasteiger partial charge in [-0.3, -0.25) is 9.69 Å². The van der Waals surface area contributed by atoms with Gasteiger partial charge in [0.25, 0.3) is 0 Å². The van der Waals surface area contributed by atoms with E-state index in [1.165, 1.54) is 7.11 Å². The highest BCUT2D eigenvalue weighted by Crippen LogP contribution is 2.38. The number of carboxylic acid groups (broad SMARTS) is 1. The predicted octanol–water partition coefficient (Wildman–Crippen LogP) is 2.40. The second-order valence-electron chi connectivity index (χ2n) is 5.48. The number of benzene rings is 1. The molecule has 1 aromatic rings. The Bertz CT molecular complexity index is 517. The van der Waals surface area contributed by atoms with E-state index >= 15 is 0 Å². The van der Waals surface area contributed by atoms with E-state index in [9.17, 15) is 15.0 Å². The van der Waals surface area contributed by atoms with Crippen LogP contribution in [-0.4, -0.2) is 40.3 Å². The van der Waals surface area contributed by atoms with Crippen LogP contribution in [0.5, 0.6) is 11.5 Å². The van der Waals surface area contributed by atoms with Crippen molar-refractivity contribution in [2.75, 3.05) is 13.7 Å². The number of phenols is 1. The summed E-state index contributed by atoms with van der Waals surface area (Å²) in [6.45, 7) is 4.52. The van der Waals surface area contributed by atoms with Gasteiger partial charge in [0, 0.05) is 6.04 Å². The topological polar surface area (TPSA) is 70.0 Å². The number of rotatable bonds is 4. The molecule has 2 N–H and O–H groups in total. The average molecular weight is 279 g/mol. The van der Waals surface area contributed by atoms with Crippen LogP contribution in [0.1, 0.15) is 38.3 Å². The number of methoxy groups -OCH3 is 1. The molecule has 2 unspecified atom stereocenters. The Morgan fingerprint density at radius 1 is 1.50 bits per heavy atom. The number of nitrogens with zero attached hydrogens (tertiary/aromatic N) is 1. The maximum absolute atomic E-state index is 11.5. The van der Waals surface area contributed by atoms with E-state index < -0.39 is 11.5 Å². The summed E-state index contributed by atoms with van der Waals surface area (Å²) in [5.41, 5.74) is 0.110. The summed E-state index contributed by atoms with van der Waals surface area (Å²) in [5.74, 6) is -0.288. The molecule has 5 nitrogen and oxygen atoms in total. The fourth-order valence-electron chi connectivity index (χ4n) is 2.97. The fourth-order valence-corrected chi connectivity index (χ4v) is 2.97. The van der Waals surface area contributed by atoms with Crippen LogP contribution >= 0.6 is 0 Å². The third-order valence-electron chi connectivity index (χ3n) is 4.31. The van der Waals surface area contributed by atoms with Gasteiger partial charge in [-0.1, -0.05) is 6.07 Å². The summed E-state index contributed by atoms with van der Waals surface area (Å²) in [7, 11) is 1.50. The van der Waals surface area contributed by atoms with E-state index in [0.717, 1.165) is 18.5 Å². The van der Waals surface area contributed by atoms with Crippen LogP contribution in [-0.2, 0) is 4.79 Å². The first kappa shape index (κ1) is 14.7. The lowest BCUT2D eigenvalue weighted by molar-refractivity contribution is -0.149. The minimum absolute atomic E-state index is 0.0481. The standard InChI is InChI=1S/C15H21NO4/c1-10(11-5-6-12(17)13(9-11)20-3)16-8-4-7-15(16,2)14(18)19/h5-6,9-10,17H,4,7-8H2,1-3H3,(H,18,19). The Kier molecular flexibility index (Phi) is 3.90. The molecule has 110 valence electrons. The normalized spacial score (nSPS) is 24.6. The molecule has 0 amide bonds. The van der Waals surface area contributed by atoms with Crippen LogP contribution in [0.25, 0.3) is 0 Å². The summed E-state index contributed by atoms with van der Waals surface area (Å²) in [4.78, 5) is 13.5. The Morgan fingerprint density at radius 3 is 2.80 bits per heavy atom. The fraction of sp³-hybridized carbons (Fsp3) is 0.533. The van der Waals surface area contributed by atoms with Crippen LogP contribution in [0, 0.1) is 0 Å². The Labute approximate surface area is 118 Å². The molecule has 1 aliphatic heterocycles. The predicted molar refractivity (Wildman–Crippen MR) is 75.1 cm³/mol. The number of aromatic hydroxyl groups is 1. The summed E-state index contributed by atoms with van der Waals surface area (Å²) >= 11 is 0. The molecule has 0 spiro atoms. The first-order valence-corrected chi connectivity index (χ1v) is 6.77. The molecule has 1 saturated heterocycles. The second kappa shape index (κ2) is 5.32. The highest BCUT2D eigenvalue weighted by atomic mass is 16.5. The van der Waals surface area contributed by atoms with Gasteiger partial charge in [-0.2, -0.15) is 0 Å². The number of hydrogen-bond donors (Lipinski definition) is 2. The highest BCUT2D eigenvalue weighted by molar-refractivity contribution is 5.78. The van der Waals surface area contributed by atoms with E-state index in [1.54, 1.807) is 19.1 Å². The molecule has 1 aliphatic rings. The van der Waals surface area contributed by atoms with Gasteiger partial charge < -0.3 is 14.9 Å². The quantitative estimate of drug-likeness (QED) is 0.885. The van der Waals surface area contributed by atoms with Gasteiger partial charge in [-0.25, -0.2) is 0 Å². The Balaban J connectivity index is 2.31. The van der Waals surface area contributed by atoms with Crippen LogP contribution in [0.2, 0.25) is 0 Å². The van der Waals surface area contributed by atoms with Crippen LogP contribution in [0.15, 0.2) is 18.2 Å². The molecular formula is C15H21NO4. The van der Waals surface area contributed by atoms with Crippen molar-refractivity contribution in [2.24, 2.45) is 0 Å². The number of carboxylic acids is 1. The van der Waals surface area contributed by atoms with Crippen molar-refractivity contribution >= 4 is 5.97 Å². The zero-order valence-electron chi connectivity index (χ0n) is 12.1. The minimum Gasteiger partial charge on any atom is -0.504 e. The second-order valence-corrected chi connectivity index (χ2v) is 5.48. The van der Waals surface area contributed by atoms with Gasteiger partial charge >= 0.3 is 5.97 Å². The average Bonchev–Trinajstić information content (AvgIpc) is 2.82. The van der Waals surface area contributed by atoms with Gasteiger partial charge in [0.15, 0.2) is 11.5 Å². The zero-order valence-corrected chi connectivity index (χ0v) is 12.1. The molecule has 1 aromatic carbocycles. The van der Waals surface area contributed by atoms with Gasteiger partial charge in [0.1, 0.15) is 5.54 Å². The molecular weight excluding hydrogens is 258 g/mol. The lowest BCUT2D eigenvalue weighted by atomic mass is 9.96. The van der Waals surface area contributed by atoms with Crippen molar-refractivity contribution < 1.29 is 19.7 Å². The molecule has 0 aromatic heterocycles. The number of hydrogen-bond acceptors (Lipinski definition) is 4. The van der Waals surface area contributed by atoms with Gasteiger partial charge in [0.05, 0.1) is 7.11 Å². The van der Waals surface area contributed by atoms with Gasteiger partial charge in [0.2, 0.25) is 0 Å². The molecule has 2 rings (SSSR count). The van der Waals surface area contributed by atoms with Crippen LogP contribution in [0.3, 0.4) is 0 Å². The third-order valence-corrected chi connectivity index (χ3v) is 4.31. The molecule has 2 atom stereocenters. The Hall–Kier alpha value is -1.75. The van der Waals surface area contributed by atoms with Crippen molar-refractivity contribution in [3.63, 3.8) is 0 Å². The number of carbonyl (C=O) groups is 1. The number of phenolic OH excluding ortho intramolecular Hbond substituents is 1. The molecule has 0 radical (unpaired) electrons. The molecule has 5 heteroatoms. The van der Waals surface area contributed by atoms with E-state index in [0.29, 0.717) is 12.2 Å². The summed E-state index contributed by atoms with van der Waals surface area (Å²) < 4.78 is 5.11. The number of likely N-dealkylation sites (tertiary alicyclic amines) is 1. The van der Waals surface area contributed by atoms with Gasteiger partial charge in [-0.15, -0.1) is 0 Å². The highest BCUT2D eigenvalue weighted by Gasteiger charge is 2.45. The maximum Gasteiger partial charge on any atom is 0.323 e. The van der Waals surface area contributed by atoms with Crippen molar-refractivity contribution in [1.29, 1.82) is 0 Å². The summed E-state index contributed by atoms with van der Waals surface area (Å²) in [5, 5.41) is 19.1. The van der Waals surface area contributed by atoms with Crippen LogP contribution in [0.4, 0.5) is 0 Å². The zero-order chi connectivity index (χ0) is 14.9. The number of ether oxygens (including phenoxy) is 1. The van der Waals surface area contributed by atoms with E-state index in [-0.39, 0.29) is 11.8 Å². The monoisotopic (exact) mass is 279 g/mol. The lowest BCUT2D eigenvalue weighted by Crippen LogP contribution is -2.48. The van der Waals surface area contributed by atoms with Crippen molar-refractivity contribution in [3.8, 4) is 11.5 Å². The smallest absolute Gasteiger partial charge is 0.323 e. The summed E-state index contributed by atoms with van der Waals surface area (Å²) in [6.07, 6.45) is 1.53.